The van der Waals surface area contributed by atoms with Crippen molar-refractivity contribution in [2.24, 2.45) is 0 Å². The van der Waals surface area contributed by atoms with Crippen LogP contribution in [0.1, 0.15) is 23.6 Å². The Morgan fingerprint density at radius 2 is 1.69 bits per heavy atom. The van der Waals surface area contributed by atoms with E-state index in [1.54, 1.807) is 24.8 Å². The fraction of sp³-hybridized carbons (Fsp3) is 0.125. The van der Waals surface area contributed by atoms with Gasteiger partial charge in [-0.05, 0) is 55.3 Å². The second-order valence-electron chi connectivity index (χ2n) is 9.30. The first-order valence-electron chi connectivity index (χ1n) is 12.4. The number of imide groups is 1. The van der Waals surface area contributed by atoms with Crippen LogP contribution in [0, 0.1) is 18.3 Å². The van der Waals surface area contributed by atoms with Gasteiger partial charge in [0.1, 0.15) is 23.1 Å². The minimum absolute atomic E-state index is 0.0497. The molecule has 0 N–H and O–H groups in total. The van der Waals surface area contributed by atoms with Crippen molar-refractivity contribution in [3.8, 4) is 28.8 Å². The second-order valence-corrected chi connectivity index (χ2v) is 9.30. The maximum Gasteiger partial charge on any atom is 0.271 e. The van der Waals surface area contributed by atoms with Crippen molar-refractivity contribution in [3.05, 3.63) is 118 Å². The highest BCUT2D eigenvalue weighted by molar-refractivity contribution is 6.19. The molecule has 0 saturated carbocycles. The van der Waals surface area contributed by atoms with Crippen LogP contribution in [-0.4, -0.2) is 33.6 Å². The zero-order chi connectivity index (χ0) is 27.5. The number of aryl methyl sites for hydroxylation is 1. The first kappa shape index (κ1) is 25.4. The van der Waals surface area contributed by atoms with Gasteiger partial charge in [-0.15, -0.1) is 0 Å². The average molecular weight is 515 g/mol. The summed E-state index contributed by atoms with van der Waals surface area (Å²) in [6.45, 7) is 3.67. The summed E-state index contributed by atoms with van der Waals surface area (Å²) in [6.07, 6.45) is 3.55. The molecular formula is C32H26N4O3. The Hall–Kier alpha value is -5.22. The van der Waals surface area contributed by atoms with Crippen molar-refractivity contribution >= 4 is 17.9 Å². The SMILES string of the molecule is COc1cccc(-c2nn(-c3ccccc3)cc2/C=C2/C(=O)N(Cc3ccc(C)cc3)C(=O)C(C#N)=C2C)c1. The number of nitrogens with zero attached hydrogens (tertiary/aromatic N) is 4. The molecule has 0 fully saturated rings. The summed E-state index contributed by atoms with van der Waals surface area (Å²) >= 11 is 0. The highest BCUT2D eigenvalue weighted by atomic mass is 16.5. The minimum atomic E-state index is -0.592. The van der Waals surface area contributed by atoms with Crippen LogP contribution in [-0.2, 0) is 16.1 Å². The lowest BCUT2D eigenvalue weighted by molar-refractivity contribution is -0.141. The predicted octanol–water partition coefficient (Wildman–Crippen LogP) is 5.65. The fourth-order valence-corrected chi connectivity index (χ4v) is 4.51. The number of benzene rings is 3. The van der Waals surface area contributed by atoms with Crippen molar-refractivity contribution in [1.29, 1.82) is 5.26 Å². The largest absolute Gasteiger partial charge is 0.497 e. The zero-order valence-corrected chi connectivity index (χ0v) is 21.9. The third-order valence-corrected chi connectivity index (χ3v) is 6.69. The van der Waals surface area contributed by atoms with Gasteiger partial charge in [0.05, 0.1) is 19.3 Å². The minimum Gasteiger partial charge on any atom is -0.497 e. The molecule has 1 aliphatic heterocycles. The molecule has 0 radical (unpaired) electrons. The standard InChI is InChI=1S/C32H26N4O3/c1-21-12-14-23(15-13-21)19-35-31(37)28(22(2)29(18-33)32(35)38)17-25-20-36(26-9-5-4-6-10-26)34-30(25)24-8-7-11-27(16-24)39-3/h4-17,20H,19H2,1-3H3/b28-17+. The Morgan fingerprint density at radius 3 is 2.38 bits per heavy atom. The Morgan fingerprint density at radius 1 is 0.949 bits per heavy atom. The topological polar surface area (TPSA) is 88.2 Å². The molecular weight excluding hydrogens is 488 g/mol. The Balaban J connectivity index is 1.65. The molecule has 7 heteroatoms. The first-order valence-corrected chi connectivity index (χ1v) is 12.4. The zero-order valence-electron chi connectivity index (χ0n) is 21.9. The lowest BCUT2D eigenvalue weighted by atomic mass is 9.93. The van der Waals surface area contributed by atoms with Crippen LogP contribution in [0.15, 0.2) is 102 Å². The summed E-state index contributed by atoms with van der Waals surface area (Å²) in [7, 11) is 1.60. The first-order chi connectivity index (χ1) is 18.9. The van der Waals surface area contributed by atoms with Crippen LogP contribution in [0.3, 0.4) is 0 Å². The molecule has 0 aliphatic carbocycles. The Bertz CT molecular complexity index is 1670. The van der Waals surface area contributed by atoms with Crippen LogP contribution in [0.4, 0.5) is 0 Å². The molecule has 1 aliphatic rings. The van der Waals surface area contributed by atoms with E-state index in [2.05, 4.69) is 0 Å². The molecule has 0 bridgehead atoms. The summed E-state index contributed by atoms with van der Waals surface area (Å²) in [4.78, 5) is 28.1. The third kappa shape index (κ3) is 5.00. The van der Waals surface area contributed by atoms with Gasteiger partial charge in [-0.1, -0.05) is 60.2 Å². The summed E-state index contributed by atoms with van der Waals surface area (Å²) in [5, 5.41) is 14.7. The second kappa shape index (κ2) is 10.6. The molecule has 1 aromatic heterocycles. The quantitative estimate of drug-likeness (QED) is 0.245. The lowest BCUT2D eigenvalue weighted by Gasteiger charge is -2.27. The molecule has 2 heterocycles. The third-order valence-electron chi connectivity index (χ3n) is 6.69. The molecule has 4 aromatic rings. The van der Waals surface area contributed by atoms with E-state index in [-0.39, 0.29) is 17.7 Å². The van der Waals surface area contributed by atoms with Gasteiger partial charge in [0.25, 0.3) is 11.8 Å². The van der Waals surface area contributed by atoms with E-state index < -0.39 is 11.8 Å². The average Bonchev–Trinajstić information content (AvgIpc) is 3.39. The summed E-state index contributed by atoms with van der Waals surface area (Å²) < 4.78 is 7.16. The molecule has 3 aromatic carbocycles. The maximum absolute atomic E-state index is 13.8. The Labute approximate surface area is 226 Å². The number of para-hydroxylation sites is 1. The van der Waals surface area contributed by atoms with E-state index >= 15 is 0 Å². The van der Waals surface area contributed by atoms with Crippen molar-refractivity contribution in [3.63, 3.8) is 0 Å². The van der Waals surface area contributed by atoms with E-state index in [4.69, 9.17) is 9.84 Å². The van der Waals surface area contributed by atoms with E-state index in [0.717, 1.165) is 27.3 Å². The van der Waals surface area contributed by atoms with Crippen LogP contribution in [0.2, 0.25) is 0 Å². The smallest absolute Gasteiger partial charge is 0.271 e. The van der Waals surface area contributed by atoms with Crippen LogP contribution >= 0.6 is 0 Å². The van der Waals surface area contributed by atoms with Gasteiger partial charge in [-0.3, -0.25) is 14.5 Å². The monoisotopic (exact) mass is 514 g/mol. The van der Waals surface area contributed by atoms with Gasteiger partial charge in [-0.2, -0.15) is 10.4 Å². The van der Waals surface area contributed by atoms with Gasteiger partial charge in [0.15, 0.2) is 0 Å². The maximum atomic E-state index is 13.8. The van der Waals surface area contributed by atoms with Crippen LogP contribution < -0.4 is 4.74 Å². The number of carbonyl (C=O) groups is 2. The molecule has 7 nitrogen and oxygen atoms in total. The number of carbonyl (C=O) groups excluding carboxylic acids is 2. The summed E-state index contributed by atoms with van der Waals surface area (Å²) in [5.41, 5.74) is 5.38. The molecule has 0 saturated heterocycles. The molecule has 0 atom stereocenters. The van der Waals surface area contributed by atoms with Crippen LogP contribution in [0.25, 0.3) is 23.0 Å². The fourth-order valence-electron chi connectivity index (χ4n) is 4.51. The number of methoxy groups -OCH3 is 1. The summed E-state index contributed by atoms with van der Waals surface area (Å²) in [5.74, 6) is -0.376. The van der Waals surface area contributed by atoms with Crippen molar-refractivity contribution < 1.29 is 14.3 Å². The molecule has 5 rings (SSSR count). The highest BCUT2D eigenvalue weighted by Crippen LogP contribution is 2.32. The van der Waals surface area contributed by atoms with Gasteiger partial charge in [-0.25, -0.2) is 4.68 Å². The number of ether oxygens (including phenoxy) is 1. The number of aromatic nitrogens is 2. The summed E-state index contributed by atoms with van der Waals surface area (Å²) in [6, 6.07) is 26.8. The van der Waals surface area contributed by atoms with E-state index in [1.165, 1.54) is 0 Å². The number of hydrogen-bond donors (Lipinski definition) is 0. The van der Waals surface area contributed by atoms with Gasteiger partial charge >= 0.3 is 0 Å². The molecule has 2 amide bonds. The Kier molecular flexibility index (Phi) is 6.94. The predicted molar refractivity (Wildman–Crippen MR) is 149 cm³/mol. The van der Waals surface area contributed by atoms with Crippen molar-refractivity contribution in [2.45, 2.75) is 20.4 Å². The molecule has 192 valence electrons. The molecule has 0 unspecified atom stereocenters. The van der Waals surface area contributed by atoms with E-state index in [0.29, 0.717) is 22.6 Å². The number of hydrogen-bond acceptors (Lipinski definition) is 5. The molecule has 0 spiro atoms. The number of amides is 2. The highest BCUT2D eigenvalue weighted by Gasteiger charge is 2.35. The van der Waals surface area contributed by atoms with Crippen molar-refractivity contribution in [2.75, 3.05) is 7.11 Å². The van der Waals surface area contributed by atoms with Crippen LogP contribution in [0.5, 0.6) is 5.75 Å². The van der Waals surface area contributed by atoms with E-state index in [1.807, 2.05) is 98.1 Å². The van der Waals surface area contributed by atoms with Crippen molar-refractivity contribution in [1.82, 2.24) is 14.7 Å². The van der Waals surface area contributed by atoms with Gasteiger partial charge in [0, 0.05) is 22.9 Å². The van der Waals surface area contributed by atoms with E-state index in [9.17, 15) is 14.9 Å². The number of nitriles is 1. The van der Waals surface area contributed by atoms with Gasteiger partial charge in [0.2, 0.25) is 0 Å². The lowest BCUT2D eigenvalue weighted by Crippen LogP contribution is -2.42. The number of rotatable bonds is 6. The van der Waals surface area contributed by atoms with Gasteiger partial charge < -0.3 is 4.74 Å². The normalized spacial score (nSPS) is 14.6. The molecule has 39 heavy (non-hydrogen) atoms.